The molecule has 20 heavy (non-hydrogen) atoms. The lowest BCUT2D eigenvalue weighted by molar-refractivity contribution is 0.777. The SMILES string of the molecule is CCn1cnc2c(NCc3cnc(Br)cn3)ncnc21. The van der Waals surface area contributed by atoms with Crippen molar-refractivity contribution in [3.63, 3.8) is 0 Å². The summed E-state index contributed by atoms with van der Waals surface area (Å²) in [5, 5.41) is 3.22. The molecule has 0 saturated carbocycles. The molecule has 0 atom stereocenters. The lowest BCUT2D eigenvalue weighted by atomic mass is 10.4. The summed E-state index contributed by atoms with van der Waals surface area (Å²) < 4.78 is 2.69. The second-order valence-corrected chi connectivity index (χ2v) is 4.92. The number of hydrogen-bond acceptors (Lipinski definition) is 6. The third kappa shape index (κ3) is 2.46. The van der Waals surface area contributed by atoms with Crippen LogP contribution in [0, 0.1) is 0 Å². The van der Waals surface area contributed by atoms with Gasteiger partial charge < -0.3 is 9.88 Å². The molecule has 0 radical (unpaired) electrons. The van der Waals surface area contributed by atoms with Gasteiger partial charge in [-0.05, 0) is 22.9 Å². The zero-order valence-corrected chi connectivity index (χ0v) is 12.4. The first kappa shape index (κ1) is 12.9. The fraction of sp³-hybridized carbons (Fsp3) is 0.250. The maximum atomic E-state index is 4.35. The first-order valence-corrected chi connectivity index (χ1v) is 6.93. The van der Waals surface area contributed by atoms with Crippen molar-refractivity contribution >= 4 is 32.9 Å². The monoisotopic (exact) mass is 333 g/mol. The molecule has 0 unspecified atom stereocenters. The molecule has 102 valence electrons. The van der Waals surface area contributed by atoms with E-state index < -0.39 is 0 Å². The fourth-order valence-electron chi connectivity index (χ4n) is 1.85. The molecule has 3 heterocycles. The number of nitrogens with one attached hydrogen (secondary N) is 1. The van der Waals surface area contributed by atoms with Gasteiger partial charge >= 0.3 is 0 Å². The molecule has 0 spiro atoms. The molecule has 1 N–H and O–H groups in total. The van der Waals surface area contributed by atoms with Crippen molar-refractivity contribution in [2.75, 3.05) is 5.32 Å². The maximum Gasteiger partial charge on any atom is 0.165 e. The number of aryl methyl sites for hydroxylation is 1. The van der Waals surface area contributed by atoms with Crippen molar-refractivity contribution in [3.8, 4) is 0 Å². The number of anilines is 1. The second kappa shape index (κ2) is 5.49. The highest BCUT2D eigenvalue weighted by atomic mass is 79.9. The molecule has 0 aliphatic carbocycles. The molecule has 0 amide bonds. The van der Waals surface area contributed by atoms with Gasteiger partial charge in [-0.1, -0.05) is 0 Å². The summed E-state index contributed by atoms with van der Waals surface area (Å²) in [4.78, 5) is 21.2. The summed E-state index contributed by atoms with van der Waals surface area (Å²) in [6.45, 7) is 3.41. The predicted octanol–water partition coefficient (Wildman–Crippen LogP) is 2.01. The Morgan fingerprint density at radius 3 is 2.80 bits per heavy atom. The third-order valence-corrected chi connectivity index (χ3v) is 3.26. The molecule has 0 aliphatic heterocycles. The number of nitrogens with zero attached hydrogens (tertiary/aromatic N) is 6. The molecule has 0 aromatic carbocycles. The summed E-state index contributed by atoms with van der Waals surface area (Å²) in [7, 11) is 0. The molecule has 8 heteroatoms. The van der Waals surface area contributed by atoms with Crippen LogP contribution in [-0.4, -0.2) is 29.5 Å². The number of halogens is 1. The van der Waals surface area contributed by atoms with E-state index in [-0.39, 0.29) is 0 Å². The van der Waals surface area contributed by atoms with E-state index in [0.29, 0.717) is 17.0 Å². The highest BCUT2D eigenvalue weighted by Gasteiger charge is 2.09. The summed E-state index contributed by atoms with van der Waals surface area (Å²) in [5.74, 6) is 0.701. The Balaban J connectivity index is 1.84. The normalized spacial score (nSPS) is 10.9. The molecule has 3 aromatic rings. The minimum absolute atomic E-state index is 0.533. The largest absolute Gasteiger partial charge is 0.362 e. The number of imidazole rings is 1. The van der Waals surface area contributed by atoms with E-state index in [1.165, 1.54) is 6.33 Å². The topological polar surface area (TPSA) is 81.4 Å². The van der Waals surface area contributed by atoms with E-state index in [1.54, 1.807) is 18.7 Å². The van der Waals surface area contributed by atoms with E-state index in [9.17, 15) is 0 Å². The lowest BCUT2D eigenvalue weighted by Crippen LogP contribution is -2.05. The third-order valence-electron chi connectivity index (χ3n) is 2.85. The van der Waals surface area contributed by atoms with Crippen LogP contribution in [0.4, 0.5) is 5.82 Å². The van der Waals surface area contributed by atoms with Crippen LogP contribution in [0.15, 0.2) is 29.7 Å². The minimum Gasteiger partial charge on any atom is -0.362 e. The average molecular weight is 334 g/mol. The van der Waals surface area contributed by atoms with Crippen LogP contribution < -0.4 is 5.32 Å². The first-order chi connectivity index (χ1) is 9.78. The van der Waals surface area contributed by atoms with Gasteiger partial charge in [0.05, 0.1) is 31.0 Å². The van der Waals surface area contributed by atoms with Crippen LogP contribution in [0.1, 0.15) is 12.6 Å². The summed E-state index contributed by atoms with van der Waals surface area (Å²) in [5.41, 5.74) is 2.42. The molecule has 3 aromatic heterocycles. The molecule has 3 rings (SSSR count). The summed E-state index contributed by atoms with van der Waals surface area (Å²) in [6, 6.07) is 0. The molecule has 0 fully saturated rings. The van der Waals surface area contributed by atoms with Crippen LogP contribution in [0.25, 0.3) is 11.2 Å². The van der Waals surface area contributed by atoms with Gasteiger partial charge in [-0.15, -0.1) is 0 Å². The summed E-state index contributed by atoms with van der Waals surface area (Å²) in [6.07, 6.45) is 6.67. The van der Waals surface area contributed by atoms with Gasteiger partial charge in [0.25, 0.3) is 0 Å². The van der Waals surface area contributed by atoms with Crippen LogP contribution in [0.5, 0.6) is 0 Å². The Labute approximate surface area is 123 Å². The number of rotatable bonds is 4. The van der Waals surface area contributed by atoms with Gasteiger partial charge in [-0.25, -0.2) is 19.9 Å². The van der Waals surface area contributed by atoms with E-state index >= 15 is 0 Å². The molecular weight excluding hydrogens is 322 g/mol. The molecule has 0 bridgehead atoms. The van der Waals surface area contributed by atoms with E-state index in [2.05, 4.69) is 46.2 Å². The summed E-state index contributed by atoms with van der Waals surface area (Å²) >= 11 is 3.26. The van der Waals surface area contributed by atoms with Gasteiger partial charge in [0.2, 0.25) is 0 Å². The second-order valence-electron chi connectivity index (χ2n) is 4.11. The lowest BCUT2D eigenvalue weighted by Gasteiger charge is -2.05. The van der Waals surface area contributed by atoms with Crippen LogP contribution in [0.2, 0.25) is 0 Å². The van der Waals surface area contributed by atoms with Gasteiger partial charge in [0, 0.05) is 6.54 Å². The predicted molar refractivity (Wildman–Crippen MR) is 78.1 cm³/mol. The van der Waals surface area contributed by atoms with Gasteiger partial charge in [0.1, 0.15) is 16.4 Å². The smallest absolute Gasteiger partial charge is 0.165 e. The van der Waals surface area contributed by atoms with Crippen molar-refractivity contribution in [3.05, 3.63) is 35.3 Å². The highest BCUT2D eigenvalue weighted by Crippen LogP contribution is 2.17. The zero-order chi connectivity index (χ0) is 13.9. The molecule has 0 saturated heterocycles. The van der Waals surface area contributed by atoms with Crippen LogP contribution in [0.3, 0.4) is 0 Å². The van der Waals surface area contributed by atoms with Crippen LogP contribution >= 0.6 is 15.9 Å². The fourth-order valence-corrected chi connectivity index (χ4v) is 2.05. The standard InChI is InChI=1S/C12H12BrN7/c1-2-20-7-19-10-11(17-6-18-12(10)20)16-4-8-3-15-9(13)5-14-8/h3,5-7H,2,4H2,1H3,(H,16,17,18). The number of aromatic nitrogens is 6. The van der Waals surface area contributed by atoms with Crippen LogP contribution in [-0.2, 0) is 13.1 Å². The van der Waals surface area contributed by atoms with Gasteiger partial charge in [-0.3, -0.25) is 4.98 Å². The van der Waals surface area contributed by atoms with Crippen molar-refractivity contribution in [2.45, 2.75) is 20.0 Å². The zero-order valence-electron chi connectivity index (χ0n) is 10.8. The Bertz CT molecular complexity index is 722. The van der Waals surface area contributed by atoms with Gasteiger partial charge in [-0.2, -0.15) is 0 Å². The van der Waals surface area contributed by atoms with Crippen molar-refractivity contribution < 1.29 is 0 Å². The van der Waals surface area contributed by atoms with E-state index in [4.69, 9.17) is 0 Å². The van der Waals surface area contributed by atoms with Crippen molar-refractivity contribution in [1.82, 2.24) is 29.5 Å². The number of fused-ring (bicyclic) bond motifs is 1. The van der Waals surface area contributed by atoms with E-state index in [1.807, 2.05) is 11.5 Å². The Morgan fingerprint density at radius 1 is 1.15 bits per heavy atom. The first-order valence-electron chi connectivity index (χ1n) is 6.14. The Hall–Kier alpha value is -2.09. The average Bonchev–Trinajstić information content (AvgIpc) is 2.90. The quantitative estimate of drug-likeness (QED) is 0.786. The Kier molecular flexibility index (Phi) is 3.55. The number of hydrogen-bond donors (Lipinski definition) is 1. The highest BCUT2D eigenvalue weighted by molar-refractivity contribution is 9.10. The van der Waals surface area contributed by atoms with Crippen molar-refractivity contribution in [1.29, 1.82) is 0 Å². The Morgan fingerprint density at radius 2 is 2.05 bits per heavy atom. The molecular formula is C12H12BrN7. The van der Waals surface area contributed by atoms with Gasteiger partial charge in [0.15, 0.2) is 11.5 Å². The van der Waals surface area contributed by atoms with Crippen molar-refractivity contribution in [2.24, 2.45) is 0 Å². The maximum absolute atomic E-state index is 4.35. The van der Waals surface area contributed by atoms with E-state index in [0.717, 1.165) is 23.4 Å². The minimum atomic E-state index is 0.533. The molecule has 0 aliphatic rings. The molecule has 7 nitrogen and oxygen atoms in total.